The fourth-order valence-electron chi connectivity index (χ4n) is 9.62. The highest BCUT2D eigenvalue weighted by Gasteiger charge is 2.19. The molecule has 3 aromatic heterocycles. The molecule has 5 heteroatoms. The molecule has 0 saturated heterocycles. The van der Waals surface area contributed by atoms with Gasteiger partial charge in [-0.25, -0.2) is 15.0 Å². The van der Waals surface area contributed by atoms with Crippen LogP contribution in [0.5, 0.6) is 0 Å². The molecule has 0 aliphatic heterocycles. The molecule has 5 nitrogen and oxygen atoms in total. The molecule has 0 radical (unpaired) electrons. The van der Waals surface area contributed by atoms with E-state index in [-0.39, 0.29) is 0 Å². The molecule has 0 spiro atoms. The van der Waals surface area contributed by atoms with Crippen LogP contribution in [-0.2, 0) is 0 Å². The highest BCUT2D eigenvalue weighted by Crippen LogP contribution is 2.40. The second-order valence-electron chi connectivity index (χ2n) is 17.2. The van der Waals surface area contributed by atoms with Gasteiger partial charge >= 0.3 is 0 Å². The van der Waals surface area contributed by atoms with Gasteiger partial charge in [0.2, 0.25) is 0 Å². The first kappa shape index (κ1) is 39.2. The third-order valence-electron chi connectivity index (χ3n) is 13.1. The molecule has 68 heavy (non-hydrogen) atoms. The minimum absolute atomic E-state index is 0.588. The van der Waals surface area contributed by atoms with E-state index in [4.69, 9.17) is 19.4 Å². The Morgan fingerprint density at radius 1 is 0.250 bits per heavy atom. The van der Waals surface area contributed by atoms with E-state index in [1.807, 2.05) is 18.2 Å². The third kappa shape index (κ3) is 7.02. The zero-order valence-electron chi connectivity index (χ0n) is 36.8. The van der Waals surface area contributed by atoms with Crippen molar-refractivity contribution in [2.24, 2.45) is 0 Å². The van der Waals surface area contributed by atoms with Gasteiger partial charge in [0.15, 0.2) is 17.5 Å². The minimum Gasteiger partial charge on any atom is -0.456 e. The predicted molar refractivity (Wildman–Crippen MR) is 279 cm³/mol. The van der Waals surface area contributed by atoms with E-state index in [1.165, 1.54) is 27.6 Å². The van der Waals surface area contributed by atoms with Crippen LogP contribution in [0.15, 0.2) is 247 Å². The molecular weight excluding hydrogens is 829 g/mol. The van der Waals surface area contributed by atoms with Crippen molar-refractivity contribution in [2.75, 3.05) is 0 Å². The molecule has 0 unspecified atom stereocenters. The van der Waals surface area contributed by atoms with Gasteiger partial charge in [-0.1, -0.05) is 188 Å². The highest BCUT2D eigenvalue weighted by atomic mass is 16.3. The van der Waals surface area contributed by atoms with Crippen molar-refractivity contribution in [1.29, 1.82) is 0 Å². The Balaban J connectivity index is 0.920. The number of hydrogen-bond acceptors (Lipinski definition) is 4. The number of para-hydroxylation sites is 1. The lowest BCUT2D eigenvalue weighted by molar-refractivity contribution is 0.669. The molecular formula is C63H40N4O. The topological polar surface area (TPSA) is 56.7 Å². The van der Waals surface area contributed by atoms with Crippen molar-refractivity contribution >= 4 is 43.7 Å². The summed E-state index contributed by atoms with van der Waals surface area (Å²) in [5, 5.41) is 4.32. The van der Waals surface area contributed by atoms with Crippen molar-refractivity contribution in [1.82, 2.24) is 19.5 Å². The van der Waals surface area contributed by atoms with Gasteiger partial charge in [0, 0.05) is 43.9 Å². The van der Waals surface area contributed by atoms with Crippen LogP contribution in [0.2, 0.25) is 0 Å². The van der Waals surface area contributed by atoms with Gasteiger partial charge in [-0.15, -0.1) is 0 Å². The number of furan rings is 1. The molecule has 0 saturated carbocycles. The summed E-state index contributed by atoms with van der Waals surface area (Å²) in [6.07, 6.45) is 0. The van der Waals surface area contributed by atoms with Crippen LogP contribution in [-0.4, -0.2) is 19.5 Å². The molecule has 0 N–H and O–H groups in total. The molecule has 10 aromatic carbocycles. The van der Waals surface area contributed by atoms with Crippen molar-refractivity contribution in [2.45, 2.75) is 0 Å². The number of nitrogens with zero attached hydrogens (tertiary/aromatic N) is 4. The Kier molecular flexibility index (Phi) is 9.43. The lowest BCUT2D eigenvalue weighted by Gasteiger charge is -2.10. The maximum atomic E-state index is 6.64. The van der Waals surface area contributed by atoms with Crippen molar-refractivity contribution in [3.05, 3.63) is 243 Å². The number of hydrogen-bond donors (Lipinski definition) is 0. The van der Waals surface area contributed by atoms with E-state index in [1.54, 1.807) is 0 Å². The van der Waals surface area contributed by atoms with Crippen LogP contribution in [0, 0.1) is 0 Å². The Morgan fingerprint density at radius 3 is 1.26 bits per heavy atom. The smallest absolute Gasteiger partial charge is 0.164 e. The number of fused-ring (bicyclic) bond motifs is 6. The van der Waals surface area contributed by atoms with E-state index in [2.05, 4.69) is 229 Å². The van der Waals surface area contributed by atoms with Crippen LogP contribution in [0.25, 0.3) is 128 Å². The summed E-state index contributed by atoms with van der Waals surface area (Å²) in [5.74, 6) is 1.80. The van der Waals surface area contributed by atoms with Gasteiger partial charge in [-0.05, 0) is 99.1 Å². The summed E-state index contributed by atoms with van der Waals surface area (Å²) in [7, 11) is 0. The molecule has 0 bridgehead atoms. The largest absolute Gasteiger partial charge is 0.456 e. The maximum Gasteiger partial charge on any atom is 0.164 e. The molecule has 0 aliphatic rings. The second kappa shape index (κ2) is 16.4. The molecule has 13 aromatic rings. The molecule has 318 valence electrons. The Labute approximate surface area is 392 Å². The summed E-state index contributed by atoms with van der Waals surface area (Å²) in [4.78, 5) is 15.4. The van der Waals surface area contributed by atoms with Crippen LogP contribution in [0.3, 0.4) is 0 Å². The first-order chi connectivity index (χ1) is 33.7. The molecule has 0 aliphatic carbocycles. The normalized spacial score (nSPS) is 11.5. The van der Waals surface area contributed by atoms with E-state index < -0.39 is 0 Å². The fraction of sp³-hybridized carbons (Fsp3) is 0. The van der Waals surface area contributed by atoms with Gasteiger partial charge in [-0.2, -0.15) is 0 Å². The number of aromatic nitrogens is 4. The molecule has 0 atom stereocenters. The van der Waals surface area contributed by atoms with E-state index in [9.17, 15) is 0 Å². The third-order valence-corrected chi connectivity index (χ3v) is 13.1. The standard InChI is InChI=1S/C63H40N4O/c1-4-13-41(14-5-1)44-23-27-47(28-24-44)61-64-62(48-29-25-45(26-30-48)42-15-6-2-7-16-42)66-63(65-61)51-33-36-59-55(38-51)56-39-58-54(40-60(56)68-59)53-21-10-11-22-57(53)67(58)52-34-31-46(32-35-52)50-20-12-19-49(37-50)43-17-8-3-9-18-43/h1-40H. The predicted octanol–water partition coefficient (Wildman–Crippen LogP) is 16.5. The molecule has 0 fully saturated rings. The average Bonchev–Trinajstić information content (AvgIpc) is 3.95. The molecule has 0 amide bonds. The van der Waals surface area contributed by atoms with Crippen LogP contribution < -0.4 is 0 Å². The van der Waals surface area contributed by atoms with E-state index in [0.717, 1.165) is 83.0 Å². The summed E-state index contributed by atoms with van der Waals surface area (Å²) >= 11 is 0. The SMILES string of the molecule is c1ccc(-c2ccc(-c3nc(-c4ccc(-c5ccccc5)cc4)nc(-c4ccc5oc6cc7c8ccccc8n(-c8ccc(-c9cccc(-c%10ccccc%10)c9)cc8)c7cc6c5c4)n3)cc2)cc1. The van der Waals surface area contributed by atoms with Gasteiger partial charge in [0.25, 0.3) is 0 Å². The van der Waals surface area contributed by atoms with E-state index >= 15 is 0 Å². The van der Waals surface area contributed by atoms with Crippen LogP contribution in [0.4, 0.5) is 0 Å². The number of benzene rings is 10. The average molecular weight is 869 g/mol. The van der Waals surface area contributed by atoms with Crippen molar-refractivity contribution in [3.8, 4) is 84.4 Å². The quantitative estimate of drug-likeness (QED) is 0.153. The molecule has 3 heterocycles. The minimum atomic E-state index is 0.588. The zero-order valence-corrected chi connectivity index (χ0v) is 36.8. The van der Waals surface area contributed by atoms with Crippen molar-refractivity contribution in [3.63, 3.8) is 0 Å². The van der Waals surface area contributed by atoms with Gasteiger partial charge in [0.05, 0.1) is 11.0 Å². The lowest BCUT2D eigenvalue weighted by Crippen LogP contribution is -2.00. The first-order valence-electron chi connectivity index (χ1n) is 22.9. The van der Waals surface area contributed by atoms with Crippen LogP contribution in [0.1, 0.15) is 0 Å². The second-order valence-corrected chi connectivity index (χ2v) is 17.2. The highest BCUT2D eigenvalue weighted by molar-refractivity contribution is 6.17. The summed E-state index contributed by atoms with van der Waals surface area (Å²) in [6.45, 7) is 0. The zero-order chi connectivity index (χ0) is 45.0. The molecule has 13 rings (SSSR count). The Bertz CT molecular complexity index is 3870. The summed E-state index contributed by atoms with van der Waals surface area (Å²) in [5.41, 5.74) is 17.0. The Hall–Kier alpha value is -9.19. The first-order valence-corrected chi connectivity index (χ1v) is 22.9. The van der Waals surface area contributed by atoms with Gasteiger partial charge < -0.3 is 8.98 Å². The number of rotatable bonds is 8. The summed E-state index contributed by atoms with van der Waals surface area (Å²) in [6, 6.07) is 85.3. The van der Waals surface area contributed by atoms with E-state index in [0.29, 0.717) is 17.5 Å². The Morgan fingerprint density at radius 2 is 0.676 bits per heavy atom. The lowest BCUT2D eigenvalue weighted by atomic mass is 9.99. The maximum absolute atomic E-state index is 6.64. The van der Waals surface area contributed by atoms with Gasteiger partial charge in [-0.3, -0.25) is 0 Å². The fourth-order valence-corrected chi connectivity index (χ4v) is 9.62. The van der Waals surface area contributed by atoms with Crippen LogP contribution >= 0.6 is 0 Å². The summed E-state index contributed by atoms with van der Waals surface area (Å²) < 4.78 is 9.01. The van der Waals surface area contributed by atoms with Gasteiger partial charge in [0.1, 0.15) is 11.2 Å². The monoisotopic (exact) mass is 868 g/mol. The van der Waals surface area contributed by atoms with Crippen molar-refractivity contribution < 1.29 is 4.42 Å².